The van der Waals surface area contributed by atoms with E-state index < -0.39 is 17.5 Å². The first-order valence-electron chi connectivity index (χ1n) is 6.71. The highest BCUT2D eigenvalue weighted by molar-refractivity contribution is 5.92. The van der Waals surface area contributed by atoms with Crippen LogP contribution in [0.3, 0.4) is 0 Å². The average molecular weight is 315 g/mol. The van der Waals surface area contributed by atoms with Gasteiger partial charge in [0.2, 0.25) is 5.88 Å². The number of nitrogens with zero attached hydrogens (tertiary/aromatic N) is 2. The topological polar surface area (TPSA) is 64.1 Å². The van der Waals surface area contributed by atoms with Crippen LogP contribution in [0.2, 0.25) is 0 Å². The first kappa shape index (κ1) is 14.8. The summed E-state index contributed by atoms with van der Waals surface area (Å²) in [6.45, 7) is -0.319. The summed E-state index contributed by atoms with van der Waals surface area (Å²) in [6.07, 6.45) is 1.34. The minimum Gasteiger partial charge on any atom is -0.467 e. The summed E-state index contributed by atoms with van der Waals surface area (Å²) in [7, 11) is 0. The Kier molecular flexibility index (Phi) is 4.09. The van der Waals surface area contributed by atoms with Gasteiger partial charge in [-0.15, -0.1) is 0 Å². The molecule has 0 aliphatic heterocycles. The van der Waals surface area contributed by atoms with E-state index in [0.717, 1.165) is 12.1 Å². The van der Waals surface area contributed by atoms with Crippen molar-refractivity contribution in [1.29, 1.82) is 0 Å². The lowest BCUT2D eigenvalue weighted by Gasteiger charge is -2.08. The zero-order valence-electron chi connectivity index (χ0n) is 11.8. The number of nitrogens with one attached hydrogen (secondary N) is 1. The number of ether oxygens (including phenoxy) is 1. The van der Waals surface area contributed by atoms with Gasteiger partial charge in [0, 0.05) is 11.8 Å². The Hall–Kier alpha value is -3.09. The third kappa shape index (κ3) is 3.39. The number of carbonyl (C=O) groups excluding carboxylic acids is 1. The van der Waals surface area contributed by atoms with E-state index in [1.165, 1.54) is 12.4 Å². The van der Waals surface area contributed by atoms with Crippen LogP contribution < -0.4 is 10.1 Å². The Bertz CT molecular complexity index is 866. The summed E-state index contributed by atoms with van der Waals surface area (Å²) in [5.41, 5.74) is 0.837. The fraction of sp³-hybridized carbons (Fsp3) is 0.0625. The molecule has 23 heavy (non-hydrogen) atoms. The molecule has 0 atom stereocenters. The number of anilines is 1. The number of para-hydroxylation sites is 1. The van der Waals surface area contributed by atoms with Crippen LogP contribution in [0.5, 0.6) is 5.88 Å². The molecule has 0 saturated carbocycles. The lowest BCUT2D eigenvalue weighted by atomic mass is 10.2. The molecule has 3 rings (SSSR count). The number of rotatable bonds is 4. The first-order valence-corrected chi connectivity index (χ1v) is 6.71. The monoisotopic (exact) mass is 315 g/mol. The fourth-order valence-electron chi connectivity index (χ4n) is 2.00. The van der Waals surface area contributed by atoms with Gasteiger partial charge in [0.25, 0.3) is 5.91 Å². The van der Waals surface area contributed by atoms with Crippen LogP contribution in [-0.2, 0) is 4.79 Å². The van der Waals surface area contributed by atoms with Gasteiger partial charge >= 0.3 is 0 Å². The molecule has 116 valence electrons. The van der Waals surface area contributed by atoms with Crippen LogP contribution >= 0.6 is 0 Å². The molecule has 0 spiro atoms. The van der Waals surface area contributed by atoms with Crippen LogP contribution in [-0.4, -0.2) is 22.5 Å². The lowest BCUT2D eigenvalue weighted by Crippen LogP contribution is -2.20. The third-order valence-electron chi connectivity index (χ3n) is 3.05. The second kappa shape index (κ2) is 6.35. The van der Waals surface area contributed by atoms with Crippen LogP contribution in [0.15, 0.2) is 48.8 Å². The summed E-state index contributed by atoms with van der Waals surface area (Å²) in [5, 5.41) is 3.09. The van der Waals surface area contributed by atoms with Gasteiger partial charge in [-0.1, -0.05) is 12.1 Å². The van der Waals surface area contributed by atoms with E-state index in [-0.39, 0.29) is 18.2 Å². The van der Waals surface area contributed by atoms with E-state index >= 15 is 0 Å². The highest BCUT2D eigenvalue weighted by atomic mass is 19.2. The zero-order valence-corrected chi connectivity index (χ0v) is 11.8. The molecule has 1 heterocycles. The second-order valence-corrected chi connectivity index (χ2v) is 4.66. The molecular formula is C16H11F2N3O2. The van der Waals surface area contributed by atoms with Gasteiger partial charge in [-0.05, 0) is 24.3 Å². The van der Waals surface area contributed by atoms with Crippen molar-refractivity contribution in [2.24, 2.45) is 0 Å². The van der Waals surface area contributed by atoms with E-state index in [4.69, 9.17) is 4.74 Å². The van der Waals surface area contributed by atoms with Crippen LogP contribution in [0.4, 0.5) is 14.5 Å². The molecule has 0 unspecified atom stereocenters. The lowest BCUT2D eigenvalue weighted by molar-refractivity contribution is -0.118. The van der Waals surface area contributed by atoms with E-state index in [1.807, 2.05) is 6.07 Å². The predicted molar refractivity (Wildman–Crippen MR) is 80.0 cm³/mol. The van der Waals surface area contributed by atoms with E-state index in [1.54, 1.807) is 18.2 Å². The molecule has 0 saturated heterocycles. The minimum atomic E-state index is -1.04. The maximum Gasteiger partial charge on any atom is 0.262 e. The molecule has 0 aliphatic carbocycles. The van der Waals surface area contributed by atoms with E-state index in [0.29, 0.717) is 10.9 Å². The number of hydrogen-bond donors (Lipinski definition) is 1. The van der Waals surface area contributed by atoms with Crippen molar-refractivity contribution < 1.29 is 18.3 Å². The second-order valence-electron chi connectivity index (χ2n) is 4.66. The Morgan fingerprint density at radius 2 is 1.91 bits per heavy atom. The zero-order chi connectivity index (χ0) is 16.2. The summed E-state index contributed by atoms with van der Waals surface area (Å²) in [5.74, 6) is -2.26. The normalized spacial score (nSPS) is 10.5. The van der Waals surface area contributed by atoms with Gasteiger partial charge in [0.15, 0.2) is 18.2 Å². The quantitative estimate of drug-likeness (QED) is 0.804. The number of halogens is 2. The number of carbonyl (C=O) groups is 1. The van der Waals surface area contributed by atoms with Gasteiger partial charge in [-0.3, -0.25) is 4.79 Å². The average Bonchev–Trinajstić information content (AvgIpc) is 2.56. The minimum absolute atomic E-state index is 0.144. The summed E-state index contributed by atoms with van der Waals surface area (Å²) < 4.78 is 31.3. The Balaban J connectivity index is 1.67. The Morgan fingerprint density at radius 1 is 1.09 bits per heavy atom. The molecule has 0 bridgehead atoms. The molecule has 1 N–H and O–H groups in total. The molecule has 0 fully saturated rings. The van der Waals surface area contributed by atoms with Crippen molar-refractivity contribution in [3.05, 3.63) is 60.4 Å². The van der Waals surface area contributed by atoms with Gasteiger partial charge < -0.3 is 10.1 Å². The van der Waals surface area contributed by atoms with Crippen molar-refractivity contribution in [2.75, 3.05) is 11.9 Å². The van der Waals surface area contributed by atoms with Gasteiger partial charge in [-0.2, -0.15) is 0 Å². The SMILES string of the molecule is O=C(COc1ncnc2ccccc12)Nc1ccc(F)c(F)c1. The molecule has 3 aromatic rings. The maximum absolute atomic E-state index is 13.1. The molecule has 0 aliphatic rings. The molecule has 1 amide bonds. The number of hydrogen-bond acceptors (Lipinski definition) is 4. The van der Waals surface area contributed by atoms with Crippen molar-refractivity contribution in [3.8, 4) is 5.88 Å². The third-order valence-corrected chi connectivity index (χ3v) is 3.05. The molecule has 5 nitrogen and oxygen atoms in total. The standard InChI is InChI=1S/C16H11F2N3O2/c17-12-6-5-10(7-13(12)18)21-15(22)8-23-16-11-3-1-2-4-14(11)19-9-20-16/h1-7,9H,8H2,(H,21,22). The van der Waals surface area contributed by atoms with Gasteiger partial charge in [-0.25, -0.2) is 18.7 Å². The fourth-order valence-corrected chi connectivity index (χ4v) is 2.00. The van der Waals surface area contributed by atoms with E-state index in [9.17, 15) is 13.6 Å². The molecule has 7 heteroatoms. The largest absolute Gasteiger partial charge is 0.467 e. The number of fused-ring (bicyclic) bond motifs is 1. The van der Waals surface area contributed by atoms with Crippen molar-refractivity contribution >= 4 is 22.5 Å². The van der Waals surface area contributed by atoms with Crippen molar-refractivity contribution in [1.82, 2.24) is 9.97 Å². The smallest absolute Gasteiger partial charge is 0.262 e. The van der Waals surface area contributed by atoms with E-state index in [2.05, 4.69) is 15.3 Å². The van der Waals surface area contributed by atoms with Crippen LogP contribution in [0.1, 0.15) is 0 Å². The summed E-state index contributed by atoms with van der Waals surface area (Å²) >= 11 is 0. The number of benzene rings is 2. The Labute approximate surface area is 129 Å². The van der Waals surface area contributed by atoms with Gasteiger partial charge in [0.05, 0.1) is 10.9 Å². The highest BCUT2D eigenvalue weighted by Gasteiger charge is 2.09. The number of aromatic nitrogens is 2. The Morgan fingerprint density at radius 3 is 2.74 bits per heavy atom. The molecule has 2 aromatic carbocycles. The highest BCUT2D eigenvalue weighted by Crippen LogP contribution is 2.20. The summed E-state index contributed by atoms with van der Waals surface area (Å²) in [6, 6.07) is 10.3. The molecule has 1 aromatic heterocycles. The number of amides is 1. The van der Waals surface area contributed by atoms with Crippen LogP contribution in [0, 0.1) is 11.6 Å². The molecule has 0 radical (unpaired) electrons. The van der Waals surface area contributed by atoms with Crippen LogP contribution in [0.25, 0.3) is 10.9 Å². The van der Waals surface area contributed by atoms with Gasteiger partial charge in [0.1, 0.15) is 6.33 Å². The van der Waals surface area contributed by atoms with Crippen molar-refractivity contribution in [3.63, 3.8) is 0 Å². The van der Waals surface area contributed by atoms with Crippen molar-refractivity contribution in [2.45, 2.75) is 0 Å². The summed E-state index contributed by atoms with van der Waals surface area (Å²) in [4.78, 5) is 19.9. The molecular weight excluding hydrogens is 304 g/mol. The maximum atomic E-state index is 13.1. The predicted octanol–water partition coefficient (Wildman–Crippen LogP) is 2.93. The first-order chi connectivity index (χ1) is 11.1.